The molecule has 0 bridgehead atoms. The SMILES string of the molecule is CC(C)(CCNC(=O)NC1CCS(=O)(=O)C1)C(=O)O. The summed E-state index contributed by atoms with van der Waals surface area (Å²) in [5, 5.41) is 14.0. The van der Waals surface area contributed by atoms with Gasteiger partial charge in [-0.25, -0.2) is 13.2 Å². The van der Waals surface area contributed by atoms with Crippen molar-refractivity contribution in [1.29, 1.82) is 0 Å². The number of carboxylic acids is 1. The van der Waals surface area contributed by atoms with Gasteiger partial charge in [-0.2, -0.15) is 0 Å². The van der Waals surface area contributed by atoms with E-state index >= 15 is 0 Å². The lowest BCUT2D eigenvalue weighted by Crippen LogP contribution is -2.43. The third-order valence-corrected chi connectivity index (χ3v) is 4.95. The van der Waals surface area contributed by atoms with E-state index in [4.69, 9.17) is 5.11 Å². The van der Waals surface area contributed by atoms with Crippen LogP contribution >= 0.6 is 0 Å². The summed E-state index contributed by atoms with van der Waals surface area (Å²) >= 11 is 0. The largest absolute Gasteiger partial charge is 0.481 e. The maximum atomic E-state index is 11.5. The molecule has 0 saturated carbocycles. The van der Waals surface area contributed by atoms with Crippen LogP contribution in [0.2, 0.25) is 0 Å². The fourth-order valence-corrected chi connectivity index (χ4v) is 3.41. The van der Waals surface area contributed by atoms with E-state index in [-0.39, 0.29) is 24.1 Å². The molecule has 8 heteroatoms. The lowest BCUT2D eigenvalue weighted by molar-refractivity contribution is -0.147. The van der Waals surface area contributed by atoms with Crippen LogP contribution < -0.4 is 10.6 Å². The van der Waals surface area contributed by atoms with Crippen molar-refractivity contribution in [3.8, 4) is 0 Å². The molecule has 1 fully saturated rings. The summed E-state index contributed by atoms with van der Waals surface area (Å²) in [6.45, 7) is 3.39. The molecule has 0 aromatic rings. The van der Waals surface area contributed by atoms with Crippen LogP contribution in [0.1, 0.15) is 26.7 Å². The first-order valence-electron chi connectivity index (χ1n) is 6.10. The molecule has 3 N–H and O–H groups in total. The minimum Gasteiger partial charge on any atom is -0.481 e. The molecule has 1 aliphatic rings. The zero-order valence-corrected chi connectivity index (χ0v) is 11.9. The number of sulfone groups is 1. The van der Waals surface area contributed by atoms with Crippen molar-refractivity contribution in [1.82, 2.24) is 10.6 Å². The lowest BCUT2D eigenvalue weighted by Gasteiger charge is -2.19. The Labute approximate surface area is 112 Å². The number of carbonyl (C=O) groups is 2. The average molecular weight is 292 g/mol. The van der Waals surface area contributed by atoms with Gasteiger partial charge in [-0.05, 0) is 26.7 Å². The van der Waals surface area contributed by atoms with E-state index in [1.807, 2.05) is 0 Å². The van der Waals surface area contributed by atoms with E-state index in [9.17, 15) is 18.0 Å². The van der Waals surface area contributed by atoms with E-state index in [0.717, 1.165) is 0 Å². The Kier molecular flexibility index (Phi) is 4.78. The van der Waals surface area contributed by atoms with Crippen molar-refractivity contribution >= 4 is 21.8 Å². The maximum absolute atomic E-state index is 11.5. The Hall–Kier alpha value is -1.31. The smallest absolute Gasteiger partial charge is 0.315 e. The Bertz CT molecular complexity index is 458. The van der Waals surface area contributed by atoms with Crippen molar-refractivity contribution < 1.29 is 23.1 Å². The average Bonchev–Trinajstić information content (AvgIpc) is 2.57. The van der Waals surface area contributed by atoms with Crippen molar-refractivity contribution in [2.45, 2.75) is 32.7 Å². The number of aliphatic carboxylic acids is 1. The van der Waals surface area contributed by atoms with Crippen molar-refractivity contribution in [3.63, 3.8) is 0 Å². The summed E-state index contributed by atoms with van der Waals surface area (Å²) in [5.41, 5.74) is -0.899. The zero-order valence-electron chi connectivity index (χ0n) is 11.1. The topological polar surface area (TPSA) is 113 Å². The Morgan fingerprint density at radius 2 is 2.00 bits per heavy atom. The molecule has 0 aromatic heterocycles. The van der Waals surface area contributed by atoms with E-state index in [2.05, 4.69) is 10.6 Å². The van der Waals surface area contributed by atoms with Gasteiger partial charge in [0.15, 0.2) is 9.84 Å². The van der Waals surface area contributed by atoms with Gasteiger partial charge in [0.05, 0.1) is 16.9 Å². The second-order valence-corrected chi connectivity index (χ2v) is 7.67. The lowest BCUT2D eigenvalue weighted by atomic mass is 9.90. The number of nitrogens with one attached hydrogen (secondary N) is 2. The molecule has 1 heterocycles. The van der Waals surface area contributed by atoms with Crippen LogP contribution in [0, 0.1) is 5.41 Å². The van der Waals surface area contributed by atoms with Gasteiger partial charge in [0, 0.05) is 12.6 Å². The maximum Gasteiger partial charge on any atom is 0.315 e. The molecule has 2 amide bonds. The summed E-state index contributed by atoms with van der Waals surface area (Å²) in [4.78, 5) is 22.4. The molecule has 0 spiro atoms. The van der Waals surface area contributed by atoms with Gasteiger partial charge in [-0.15, -0.1) is 0 Å². The first-order valence-corrected chi connectivity index (χ1v) is 7.93. The molecule has 0 aliphatic carbocycles. The molecule has 1 unspecified atom stereocenters. The summed E-state index contributed by atoms with van der Waals surface area (Å²) < 4.78 is 22.4. The number of hydrogen-bond donors (Lipinski definition) is 3. The number of urea groups is 1. The number of carbonyl (C=O) groups excluding carboxylic acids is 1. The second-order valence-electron chi connectivity index (χ2n) is 5.44. The molecule has 1 aliphatic heterocycles. The minimum absolute atomic E-state index is 0.0267. The molecule has 1 atom stereocenters. The van der Waals surface area contributed by atoms with E-state index < -0.39 is 27.3 Å². The summed E-state index contributed by atoms with van der Waals surface area (Å²) in [7, 11) is -3.02. The fourth-order valence-electron chi connectivity index (χ4n) is 1.74. The molecule has 0 radical (unpaired) electrons. The van der Waals surface area contributed by atoms with Crippen LogP contribution in [0.4, 0.5) is 4.79 Å². The number of hydrogen-bond acceptors (Lipinski definition) is 4. The highest BCUT2D eigenvalue weighted by atomic mass is 32.2. The van der Waals surface area contributed by atoms with Gasteiger partial charge < -0.3 is 15.7 Å². The van der Waals surface area contributed by atoms with Gasteiger partial charge in [0.25, 0.3) is 0 Å². The van der Waals surface area contributed by atoms with Gasteiger partial charge in [-0.1, -0.05) is 0 Å². The van der Waals surface area contributed by atoms with Crippen LogP contribution in [0.5, 0.6) is 0 Å². The third kappa shape index (κ3) is 5.06. The number of amides is 2. The third-order valence-electron chi connectivity index (χ3n) is 3.18. The molecular weight excluding hydrogens is 272 g/mol. The molecule has 1 saturated heterocycles. The van der Waals surface area contributed by atoms with Crippen LogP contribution in [-0.4, -0.2) is 49.6 Å². The Morgan fingerprint density at radius 1 is 1.37 bits per heavy atom. The van der Waals surface area contributed by atoms with Crippen molar-refractivity contribution in [2.24, 2.45) is 5.41 Å². The molecular formula is C11H20N2O5S. The number of rotatable bonds is 5. The Balaban J connectivity index is 2.28. The monoisotopic (exact) mass is 292 g/mol. The molecule has 7 nitrogen and oxygen atoms in total. The van der Waals surface area contributed by atoms with Crippen LogP contribution in [-0.2, 0) is 14.6 Å². The normalized spacial score (nSPS) is 21.9. The predicted octanol–water partition coefficient (Wildman–Crippen LogP) is -0.0264. The van der Waals surface area contributed by atoms with Gasteiger partial charge in [0.2, 0.25) is 0 Å². The van der Waals surface area contributed by atoms with Gasteiger partial charge in [0.1, 0.15) is 0 Å². The first-order chi connectivity index (χ1) is 8.62. The van der Waals surface area contributed by atoms with Crippen LogP contribution in [0.15, 0.2) is 0 Å². The highest BCUT2D eigenvalue weighted by molar-refractivity contribution is 7.91. The first kappa shape index (κ1) is 15.7. The van der Waals surface area contributed by atoms with Crippen molar-refractivity contribution in [2.75, 3.05) is 18.1 Å². The Morgan fingerprint density at radius 3 is 2.47 bits per heavy atom. The quantitative estimate of drug-likeness (QED) is 0.659. The predicted molar refractivity (Wildman–Crippen MR) is 69.6 cm³/mol. The summed E-state index contributed by atoms with van der Waals surface area (Å²) in [6, 6.07) is -0.805. The molecule has 110 valence electrons. The van der Waals surface area contributed by atoms with E-state index in [1.165, 1.54) is 0 Å². The van der Waals surface area contributed by atoms with Crippen LogP contribution in [0.25, 0.3) is 0 Å². The van der Waals surface area contributed by atoms with Crippen LogP contribution in [0.3, 0.4) is 0 Å². The molecule has 0 aromatic carbocycles. The standard InChI is InChI=1S/C11H20N2O5S/c1-11(2,9(14)15)4-5-12-10(16)13-8-3-6-19(17,18)7-8/h8H,3-7H2,1-2H3,(H,14,15)(H2,12,13,16). The second kappa shape index (κ2) is 5.77. The highest BCUT2D eigenvalue weighted by Gasteiger charge is 2.29. The fraction of sp³-hybridized carbons (Fsp3) is 0.818. The van der Waals surface area contributed by atoms with Gasteiger partial charge in [-0.3, -0.25) is 4.79 Å². The summed E-state index contributed by atoms with van der Waals surface area (Å²) in [6.07, 6.45) is 0.731. The van der Waals surface area contributed by atoms with E-state index in [1.54, 1.807) is 13.8 Å². The summed E-state index contributed by atoms with van der Waals surface area (Å²) in [5.74, 6) is -0.845. The molecule has 1 rings (SSSR count). The van der Waals surface area contributed by atoms with E-state index in [0.29, 0.717) is 12.8 Å². The zero-order chi connectivity index (χ0) is 14.7. The minimum atomic E-state index is -3.02. The highest BCUT2D eigenvalue weighted by Crippen LogP contribution is 2.19. The number of carboxylic acid groups (broad SMARTS) is 1. The van der Waals surface area contributed by atoms with Crippen molar-refractivity contribution in [3.05, 3.63) is 0 Å². The van der Waals surface area contributed by atoms with Gasteiger partial charge >= 0.3 is 12.0 Å². The molecule has 19 heavy (non-hydrogen) atoms.